The monoisotopic (exact) mass is 353 g/mol. The second-order valence-electron chi connectivity index (χ2n) is 6.95. The van der Waals surface area contributed by atoms with Gasteiger partial charge in [0.25, 0.3) is 0 Å². The maximum absolute atomic E-state index is 11.8. The van der Waals surface area contributed by atoms with Crippen LogP contribution in [0, 0.1) is 5.41 Å². The summed E-state index contributed by atoms with van der Waals surface area (Å²) in [6.45, 7) is 14.6. The molecule has 0 aliphatic carbocycles. The van der Waals surface area contributed by atoms with E-state index in [-0.39, 0.29) is 11.3 Å². The largest absolute Gasteiger partial charge is 0.357 e. The molecule has 1 aromatic rings. The normalized spacial score (nSPS) is 12.4. The Morgan fingerprint density at radius 2 is 1.92 bits per heavy atom. The minimum atomic E-state index is -0.364. The lowest BCUT2D eigenvalue weighted by Crippen LogP contribution is -2.43. The van der Waals surface area contributed by atoms with Crippen LogP contribution in [0.1, 0.15) is 58.2 Å². The fourth-order valence-corrected chi connectivity index (χ4v) is 2.65. The van der Waals surface area contributed by atoms with Crippen LogP contribution in [0.25, 0.3) is 0 Å². The number of carbonyl (C=O) groups is 1. The molecule has 1 rings (SSSR count). The second kappa shape index (κ2) is 9.61. The molecule has 7 heteroatoms. The number of carbonyl (C=O) groups excluding carboxylic acids is 1. The Morgan fingerprint density at radius 1 is 1.25 bits per heavy atom. The average molecular weight is 354 g/mol. The number of aromatic nitrogens is 1. The summed E-state index contributed by atoms with van der Waals surface area (Å²) in [6, 6.07) is 0. The molecule has 24 heavy (non-hydrogen) atoms. The van der Waals surface area contributed by atoms with Crippen LogP contribution in [-0.2, 0) is 11.3 Å². The Kier molecular flexibility index (Phi) is 8.18. The van der Waals surface area contributed by atoms with Crippen LogP contribution in [-0.4, -0.2) is 36.5 Å². The quantitative estimate of drug-likeness (QED) is 0.400. The topological polar surface area (TPSA) is 78.4 Å². The van der Waals surface area contributed by atoms with E-state index in [9.17, 15) is 4.79 Å². The van der Waals surface area contributed by atoms with E-state index < -0.39 is 0 Å². The fourth-order valence-electron chi connectivity index (χ4n) is 1.77. The van der Waals surface area contributed by atoms with Crippen molar-refractivity contribution < 1.29 is 4.79 Å². The molecular weight excluding hydrogens is 322 g/mol. The molecule has 0 aliphatic heterocycles. The van der Waals surface area contributed by atoms with Crippen LogP contribution < -0.4 is 16.0 Å². The summed E-state index contributed by atoms with van der Waals surface area (Å²) in [5, 5.41) is 12.5. The molecule has 0 fully saturated rings. The van der Waals surface area contributed by atoms with Crippen molar-refractivity contribution >= 4 is 23.2 Å². The molecule has 0 bridgehead atoms. The van der Waals surface area contributed by atoms with Crippen molar-refractivity contribution in [2.24, 2.45) is 10.4 Å². The lowest BCUT2D eigenvalue weighted by atomic mass is 9.96. The molecule has 1 amide bonds. The predicted molar refractivity (Wildman–Crippen MR) is 101 cm³/mol. The van der Waals surface area contributed by atoms with Crippen molar-refractivity contribution in [3.8, 4) is 0 Å². The molecule has 0 saturated heterocycles. The second-order valence-corrected chi connectivity index (χ2v) is 7.89. The zero-order chi connectivity index (χ0) is 18.2. The van der Waals surface area contributed by atoms with E-state index in [4.69, 9.17) is 0 Å². The number of nitrogens with zero attached hydrogens (tertiary/aromatic N) is 2. The molecule has 136 valence electrons. The standard InChI is InChI=1S/C17H31N5OS/c1-7-18-16(20-9-8-19-15(23)17(4,5)6)21-10-14-22-13(11-24-14)12(2)3/h11-12H,7-10H2,1-6H3,(H,19,23)(H2,18,20,21). The molecule has 0 spiro atoms. The number of hydrogen-bond acceptors (Lipinski definition) is 4. The molecule has 0 aliphatic rings. The highest BCUT2D eigenvalue weighted by atomic mass is 32.1. The van der Waals surface area contributed by atoms with Gasteiger partial charge in [-0.1, -0.05) is 34.6 Å². The number of aliphatic imine (C=N–C) groups is 1. The van der Waals surface area contributed by atoms with Crippen LogP contribution in [0.4, 0.5) is 0 Å². The first-order valence-corrected chi connectivity index (χ1v) is 9.36. The molecule has 0 atom stereocenters. The van der Waals surface area contributed by atoms with Crippen molar-refractivity contribution in [3.05, 3.63) is 16.1 Å². The Bertz CT molecular complexity index is 545. The van der Waals surface area contributed by atoms with Crippen molar-refractivity contribution in [2.75, 3.05) is 19.6 Å². The first kappa shape index (κ1) is 20.4. The summed E-state index contributed by atoms with van der Waals surface area (Å²) in [7, 11) is 0. The average Bonchev–Trinajstić information content (AvgIpc) is 2.97. The Labute approximate surface area is 149 Å². The third kappa shape index (κ3) is 7.29. The first-order chi connectivity index (χ1) is 11.2. The third-order valence-corrected chi connectivity index (χ3v) is 4.11. The maximum Gasteiger partial charge on any atom is 0.225 e. The highest BCUT2D eigenvalue weighted by molar-refractivity contribution is 7.09. The minimum absolute atomic E-state index is 0.0511. The molecule has 6 nitrogen and oxygen atoms in total. The molecule has 0 aromatic carbocycles. The molecule has 0 unspecified atom stereocenters. The fraction of sp³-hybridized carbons (Fsp3) is 0.706. The van der Waals surface area contributed by atoms with Gasteiger partial charge in [0.1, 0.15) is 5.01 Å². The summed E-state index contributed by atoms with van der Waals surface area (Å²) in [4.78, 5) is 21.0. The Hall–Kier alpha value is -1.63. The number of hydrogen-bond donors (Lipinski definition) is 3. The van der Waals surface area contributed by atoms with E-state index >= 15 is 0 Å². The van der Waals surface area contributed by atoms with Gasteiger partial charge in [-0.05, 0) is 12.8 Å². The van der Waals surface area contributed by atoms with Gasteiger partial charge in [-0.2, -0.15) is 0 Å². The van der Waals surface area contributed by atoms with Gasteiger partial charge in [0.15, 0.2) is 5.96 Å². The number of thiazole rings is 1. The smallest absolute Gasteiger partial charge is 0.225 e. The molecule has 1 aromatic heterocycles. The highest BCUT2D eigenvalue weighted by Gasteiger charge is 2.20. The van der Waals surface area contributed by atoms with E-state index in [0.29, 0.717) is 25.6 Å². The number of rotatable bonds is 7. The van der Waals surface area contributed by atoms with Crippen LogP contribution >= 0.6 is 11.3 Å². The Morgan fingerprint density at radius 3 is 2.46 bits per heavy atom. The summed E-state index contributed by atoms with van der Waals surface area (Å²) in [5.74, 6) is 1.23. The zero-order valence-corrected chi connectivity index (χ0v) is 16.5. The first-order valence-electron chi connectivity index (χ1n) is 8.48. The minimum Gasteiger partial charge on any atom is -0.357 e. The van der Waals surface area contributed by atoms with Crippen LogP contribution in [0.2, 0.25) is 0 Å². The molecule has 0 radical (unpaired) electrons. The zero-order valence-electron chi connectivity index (χ0n) is 15.7. The van der Waals surface area contributed by atoms with Gasteiger partial charge in [0, 0.05) is 30.4 Å². The van der Waals surface area contributed by atoms with E-state index in [1.165, 1.54) is 0 Å². The molecule has 0 saturated carbocycles. The summed E-state index contributed by atoms with van der Waals surface area (Å²) < 4.78 is 0. The maximum atomic E-state index is 11.8. The van der Waals surface area contributed by atoms with Gasteiger partial charge in [0.2, 0.25) is 5.91 Å². The van der Waals surface area contributed by atoms with Crippen molar-refractivity contribution in [3.63, 3.8) is 0 Å². The van der Waals surface area contributed by atoms with Crippen molar-refractivity contribution in [2.45, 2.75) is 54.0 Å². The van der Waals surface area contributed by atoms with E-state index in [1.54, 1.807) is 11.3 Å². The summed E-state index contributed by atoms with van der Waals surface area (Å²) in [5.41, 5.74) is 0.755. The lowest BCUT2D eigenvalue weighted by molar-refractivity contribution is -0.128. The number of guanidine groups is 1. The molecular formula is C17H31N5OS. The van der Waals surface area contributed by atoms with Crippen molar-refractivity contribution in [1.82, 2.24) is 20.9 Å². The Balaban J connectivity index is 2.46. The molecule has 1 heterocycles. The SMILES string of the molecule is CCNC(=NCc1nc(C(C)C)cs1)NCCNC(=O)C(C)(C)C. The van der Waals surface area contributed by atoms with Crippen molar-refractivity contribution in [1.29, 1.82) is 0 Å². The van der Waals surface area contributed by atoms with Gasteiger partial charge in [-0.3, -0.25) is 4.79 Å². The third-order valence-electron chi connectivity index (χ3n) is 3.26. The predicted octanol–water partition coefficient (Wildman–Crippen LogP) is 2.48. The summed E-state index contributed by atoms with van der Waals surface area (Å²) in [6.07, 6.45) is 0. The highest BCUT2D eigenvalue weighted by Crippen LogP contribution is 2.18. The summed E-state index contributed by atoms with van der Waals surface area (Å²) >= 11 is 1.64. The van der Waals surface area contributed by atoms with E-state index in [2.05, 4.69) is 45.2 Å². The van der Waals surface area contributed by atoms with Gasteiger partial charge in [0.05, 0.1) is 12.2 Å². The lowest BCUT2D eigenvalue weighted by Gasteiger charge is -2.18. The number of nitrogens with one attached hydrogen (secondary N) is 3. The molecule has 3 N–H and O–H groups in total. The van der Waals surface area contributed by atoms with Crippen LogP contribution in [0.15, 0.2) is 10.4 Å². The van der Waals surface area contributed by atoms with Gasteiger partial charge >= 0.3 is 0 Å². The van der Waals surface area contributed by atoms with Crippen LogP contribution in [0.5, 0.6) is 0 Å². The van der Waals surface area contributed by atoms with E-state index in [1.807, 2.05) is 27.7 Å². The van der Waals surface area contributed by atoms with E-state index in [0.717, 1.165) is 23.2 Å². The van der Waals surface area contributed by atoms with Crippen LogP contribution in [0.3, 0.4) is 0 Å². The number of amides is 1. The van der Waals surface area contributed by atoms with Gasteiger partial charge in [-0.15, -0.1) is 11.3 Å². The van der Waals surface area contributed by atoms with Gasteiger partial charge < -0.3 is 16.0 Å². The van der Waals surface area contributed by atoms with Gasteiger partial charge in [-0.25, -0.2) is 9.98 Å².